The van der Waals surface area contributed by atoms with Gasteiger partial charge < -0.3 is 5.73 Å². The van der Waals surface area contributed by atoms with Crippen LogP contribution in [0.5, 0.6) is 0 Å². The molecule has 0 spiro atoms. The highest BCUT2D eigenvalue weighted by molar-refractivity contribution is 5.65. The quantitative estimate of drug-likeness (QED) is 0.837. The molecule has 0 saturated heterocycles. The van der Waals surface area contributed by atoms with Gasteiger partial charge in [-0.3, -0.25) is 0 Å². The third kappa shape index (κ3) is 2.37. The number of rotatable bonds is 2. The van der Waals surface area contributed by atoms with Gasteiger partial charge >= 0.3 is 0 Å². The van der Waals surface area contributed by atoms with Crippen molar-refractivity contribution in [2.75, 3.05) is 0 Å². The second-order valence-electron chi connectivity index (χ2n) is 4.31. The molecule has 0 unspecified atom stereocenters. The lowest BCUT2D eigenvalue weighted by Crippen LogP contribution is -1.99. The van der Waals surface area contributed by atoms with Crippen LogP contribution in [0.3, 0.4) is 0 Å². The molecule has 17 heavy (non-hydrogen) atoms. The number of hydrogen-bond donors (Lipinski definition) is 1. The Morgan fingerprint density at radius 1 is 0.941 bits per heavy atom. The van der Waals surface area contributed by atoms with E-state index >= 15 is 0 Å². The fourth-order valence-electron chi connectivity index (χ4n) is 1.81. The molecular weight excluding hydrogens is 213 g/mol. The molecule has 2 aromatic carbocycles. The number of aryl methyl sites for hydroxylation is 2. The van der Waals surface area contributed by atoms with E-state index in [-0.39, 0.29) is 12.4 Å². The van der Waals surface area contributed by atoms with Crippen molar-refractivity contribution in [2.24, 2.45) is 5.73 Å². The van der Waals surface area contributed by atoms with Gasteiger partial charge in [-0.25, -0.2) is 4.39 Å². The second kappa shape index (κ2) is 4.68. The van der Waals surface area contributed by atoms with E-state index in [1.54, 1.807) is 12.1 Å². The van der Waals surface area contributed by atoms with Crippen molar-refractivity contribution in [3.8, 4) is 11.1 Å². The van der Waals surface area contributed by atoms with E-state index in [9.17, 15) is 4.39 Å². The monoisotopic (exact) mass is 229 g/mol. The fraction of sp³-hybridized carbons (Fsp3) is 0.200. The lowest BCUT2D eigenvalue weighted by Gasteiger charge is -2.07. The van der Waals surface area contributed by atoms with Gasteiger partial charge in [-0.1, -0.05) is 30.3 Å². The van der Waals surface area contributed by atoms with Crippen LogP contribution >= 0.6 is 0 Å². The van der Waals surface area contributed by atoms with Gasteiger partial charge in [0, 0.05) is 12.1 Å². The molecule has 0 bridgehead atoms. The molecule has 2 N–H and O–H groups in total. The molecule has 0 aliphatic carbocycles. The molecule has 0 aromatic heterocycles. The van der Waals surface area contributed by atoms with Gasteiger partial charge in [-0.05, 0) is 42.2 Å². The van der Waals surface area contributed by atoms with Crippen molar-refractivity contribution in [1.29, 1.82) is 0 Å². The molecule has 2 heteroatoms. The van der Waals surface area contributed by atoms with E-state index < -0.39 is 0 Å². The SMILES string of the molecule is Cc1ccc(-c2ccc(CN)c(F)c2)cc1C. The van der Waals surface area contributed by atoms with Crippen LogP contribution in [-0.4, -0.2) is 0 Å². The summed E-state index contributed by atoms with van der Waals surface area (Å²) in [6, 6.07) is 11.4. The third-order valence-electron chi connectivity index (χ3n) is 3.11. The molecule has 0 amide bonds. The second-order valence-corrected chi connectivity index (χ2v) is 4.31. The van der Waals surface area contributed by atoms with Gasteiger partial charge in [-0.15, -0.1) is 0 Å². The number of hydrogen-bond acceptors (Lipinski definition) is 1. The zero-order valence-corrected chi connectivity index (χ0v) is 10.1. The van der Waals surface area contributed by atoms with Gasteiger partial charge in [-0.2, -0.15) is 0 Å². The van der Waals surface area contributed by atoms with E-state index in [0.29, 0.717) is 5.56 Å². The van der Waals surface area contributed by atoms with Crippen molar-refractivity contribution in [3.63, 3.8) is 0 Å². The summed E-state index contributed by atoms with van der Waals surface area (Å²) < 4.78 is 13.6. The molecule has 0 aliphatic rings. The first-order valence-corrected chi connectivity index (χ1v) is 5.68. The maximum absolute atomic E-state index is 13.6. The summed E-state index contributed by atoms with van der Waals surface area (Å²) >= 11 is 0. The van der Waals surface area contributed by atoms with Gasteiger partial charge in [0.05, 0.1) is 0 Å². The minimum Gasteiger partial charge on any atom is -0.326 e. The predicted molar refractivity (Wildman–Crippen MR) is 69.2 cm³/mol. The topological polar surface area (TPSA) is 26.0 Å². The van der Waals surface area contributed by atoms with Crippen molar-refractivity contribution in [3.05, 3.63) is 58.9 Å². The Labute approximate surface area is 101 Å². The molecular formula is C15H16FN. The first-order valence-electron chi connectivity index (χ1n) is 5.68. The van der Waals surface area contributed by atoms with Crippen molar-refractivity contribution >= 4 is 0 Å². The molecule has 2 rings (SSSR count). The standard InChI is InChI=1S/C15H16FN/c1-10-3-4-12(7-11(10)2)13-5-6-14(9-17)15(16)8-13/h3-8H,9,17H2,1-2H3. The van der Waals surface area contributed by atoms with E-state index in [1.165, 1.54) is 11.1 Å². The van der Waals surface area contributed by atoms with Crippen molar-refractivity contribution in [1.82, 2.24) is 0 Å². The predicted octanol–water partition coefficient (Wildman–Crippen LogP) is 3.57. The van der Waals surface area contributed by atoms with Crippen LogP contribution in [-0.2, 0) is 6.54 Å². The van der Waals surface area contributed by atoms with Gasteiger partial charge in [0.15, 0.2) is 0 Å². The molecule has 0 aliphatic heterocycles. The fourth-order valence-corrected chi connectivity index (χ4v) is 1.81. The van der Waals surface area contributed by atoms with Crippen LogP contribution in [0.25, 0.3) is 11.1 Å². The summed E-state index contributed by atoms with van der Waals surface area (Å²) in [5.74, 6) is -0.233. The van der Waals surface area contributed by atoms with Crippen LogP contribution in [0.15, 0.2) is 36.4 Å². The van der Waals surface area contributed by atoms with Crippen LogP contribution in [0.1, 0.15) is 16.7 Å². The maximum atomic E-state index is 13.6. The highest BCUT2D eigenvalue weighted by Crippen LogP contribution is 2.24. The third-order valence-corrected chi connectivity index (χ3v) is 3.11. The van der Waals surface area contributed by atoms with Crippen molar-refractivity contribution in [2.45, 2.75) is 20.4 Å². The average Bonchev–Trinajstić information content (AvgIpc) is 2.32. The van der Waals surface area contributed by atoms with Crippen LogP contribution < -0.4 is 5.73 Å². The lowest BCUT2D eigenvalue weighted by atomic mass is 9.99. The minimum absolute atomic E-state index is 0.233. The summed E-state index contributed by atoms with van der Waals surface area (Å²) in [6.07, 6.45) is 0. The Morgan fingerprint density at radius 2 is 1.59 bits per heavy atom. The van der Waals surface area contributed by atoms with Gasteiger partial charge in [0.2, 0.25) is 0 Å². The van der Waals surface area contributed by atoms with Crippen LogP contribution in [0, 0.1) is 19.7 Å². The van der Waals surface area contributed by atoms with Crippen LogP contribution in [0.2, 0.25) is 0 Å². The van der Waals surface area contributed by atoms with E-state index in [2.05, 4.69) is 26.0 Å². The molecule has 88 valence electrons. The minimum atomic E-state index is -0.233. The smallest absolute Gasteiger partial charge is 0.128 e. The summed E-state index contributed by atoms with van der Waals surface area (Å²) in [4.78, 5) is 0. The zero-order valence-electron chi connectivity index (χ0n) is 10.1. The highest BCUT2D eigenvalue weighted by atomic mass is 19.1. The van der Waals surface area contributed by atoms with E-state index in [4.69, 9.17) is 5.73 Å². The molecule has 0 heterocycles. The van der Waals surface area contributed by atoms with E-state index in [1.807, 2.05) is 12.1 Å². The van der Waals surface area contributed by atoms with Gasteiger partial charge in [0.1, 0.15) is 5.82 Å². The van der Waals surface area contributed by atoms with E-state index in [0.717, 1.165) is 11.1 Å². The molecule has 0 fully saturated rings. The summed E-state index contributed by atoms with van der Waals surface area (Å²) in [5, 5.41) is 0. The normalized spacial score (nSPS) is 10.6. The zero-order chi connectivity index (χ0) is 12.4. The molecule has 1 nitrogen and oxygen atoms in total. The molecule has 0 saturated carbocycles. The number of benzene rings is 2. The molecule has 2 aromatic rings. The summed E-state index contributed by atoms with van der Waals surface area (Å²) in [7, 11) is 0. The molecule has 0 radical (unpaired) electrons. The first kappa shape index (κ1) is 11.8. The summed E-state index contributed by atoms with van der Waals surface area (Å²) in [5.41, 5.74) is 10.4. The Balaban J connectivity index is 2.46. The largest absolute Gasteiger partial charge is 0.326 e. The molecule has 0 atom stereocenters. The summed E-state index contributed by atoms with van der Waals surface area (Å²) in [6.45, 7) is 4.36. The number of halogens is 1. The highest BCUT2D eigenvalue weighted by Gasteiger charge is 2.04. The Bertz CT molecular complexity index is 547. The Kier molecular flexibility index (Phi) is 3.25. The lowest BCUT2D eigenvalue weighted by molar-refractivity contribution is 0.611. The first-order chi connectivity index (χ1) is 8.11. The van der Waals surface area contributed by atoms with Crippen LogP contribution in [0.4, 0.5) is 4.39 Å². The maximum Gasteiger partial charge on any atom is 0.128 e. The van der Waals surface area contributed by atoms with Gasteiger partial charge in [0.25, 0.3) is 0 Å². The Hall–Kier alpha value is -1.67. The van der Waals surface area contributed by atoms with Crippen molar-refractivity contribution < 1.29 is 4.39 Å². The average molecular weight is 229 g/mol. The Morgan fingerprint density at radius 3 is 2.18 bits per heavy atom. The number of nitrogens with two attached hydrogens (primary N) is 1.